The van der Waals surface area contributed by atoms with Crippen LogP contribution in [-0.2, 0) is 0 Å². The van der Waals surface area contributed by atoms with Gasteiger partial charge in [0, 0.05) is 13.1 Å². The molecule has 4 heteroatoms. The molecule has 0 radical (unpaired) electrons. The average molecular weight is 155 g/mol. The van der Waals surface area contributed by atoms with Gasteiger partial charge in [0.25, 0.3) is 0 Å². The topological polar surface area (TPSA) is 3.24 Å². The molecule has 62 valence electrons. The Morgan fingerprint density at radius 1 is 1.20 bits per heavy atom. The number of hydrogen-bond donors (Lipinski definition) is 0. The number of halogens is 3. The Balaban J connectivity index is 3.97. The van der Waals surface area contributed by atoms with Crippen molar-refractivity contribution in [2.45, 2.75) is 19.9 Å². The fourth-order valence-corrected chi connectivity index (χ4v) is 0.771. The van der Waals surface area contributed by atoms with Gasteiger partial charge in [-0.15, -0.1) is 0 Å². The Kier molecular flexibility index (Phi) is 3.71. The SMILES string of the molecule is CCN(CC)C(F)(F)CF. The smallest absolute Gasteiger partial charge is 0.243 e. The summed E-state index contributed by atoms with van der Waals surface area (Å²) in [7, 11) is 0. The second-order valence-electron chi connectivity index (χ2n) is 1.97. The highest BCUT2D eigenvalue weighted by molar-refractivity contribution is 4.64. The third-order valence-corrected chi connectivity index (χ3v) is 1.39. The lowest BCUT2D eigenvalue weighted by Gasteiger charge is -2.26. The molecule has 0 unspecified atom stereocenters. The summed E-state index contributed by atoms with van der Waals surface area (Å²) in [6, 6.07) is -3.27. The molecule has 0 aliphatic heterocycles. The fourth-order valence-electron chi connectivity index (χ4n) is 0.771. The Morgan fingerprint density at radius 3 is 1.70 bits per heavy atom. The quantitative estimate of drug-likeness (QED) is 0.560. The molecular weight excluding hydrogens is 143 g/mol. The second kappa shape index (κ2) is 3.81. The first-order valence-electron chi connectivity index (χ1n) is 3.27. The van der Waals surface area contributed by atoms with Crippen LogP contribution in [0.1, 0.15) is 13.8 Å². The van der Waals surface area contributed by atoms with Crippen LogP contribution in [-0.4, -0.2) is 30.7 Å². The van der Waals surface area contributed by atoms with E-state index >= 15 is 0 Å². The molecule has 0 rings (SSSR count). The maximum Gasteiger partial charge on any atom is 0.332 e. The second-order valence-corrected chi connectivity index (χ2v) is 1.97. The van der Waals surface area contributed by atoms with E-state index in [-0.39, 0.29) is 13.1 Å². The fraction of sp³-hybridized carbons (Fsp3) is 1.00. The molecule has 0 N–H and O–H groups in total. The lowest BCUT2D eigenvalue weighted by atomic mass is 10.4. The van der Waals surface area contributed by atoms with Crippen molar-refractivity contribution in [2.75, 3.05) is 19.8 Å². The van der Waals surface area contributed by atoms with Gasteiger partial charge in [0.2, 0.25) is 0 Å². The summed E-state index contributed by atoms with van der Waals surface area (Å²) in [6.07, 6.45) is 0. The minimum Gasteiger partial charge on any atom is -0.243 e. The monoisotopic (exact) mass is 155 g/mol. The highest BCUT2D eigenvalue weighted by atomic mass is 19.3. The summed E-state index contributed by atoms with van der Waals surface area (Å²) >= 11 is 0. The van der Waals surface area contributed by atoms with Gasteiger partial charge in [-0.3, -0.25) is 0 Å². The van der Waals surface area contributed by atoms with Gasteiger partial charge < -0.3 is 0 Å². The predicted molar refractivity (Wildman–Crippen MR) is 33.8 cm³/mol. The lowest BCUT2D eigenvalue weighted by Crippen LogP contribution is -2.42. The van der Waals surface area contributed by atoms with Crippen LogP contribution in [0.3, 0.4) is 0 Å². The van der Waals surface area contributed by atoms with E-state index in [0.29, 0.717) is 0 Å². The van der Waals surface area contributed by atoms with Crippen molar-refractivity contribution in [1.29, 1.82) is 0 Å². The van der Waals surface area contributed by atoms with E-state index in [9.17, 15) is 13.2 Å². The van der Waals surface area contributed by atoms with Crippen LogP contribution in [0.5, 0.6) is 0 Å². The molecule has 0 heterocycles. The van der Waals surface area contributed by atoms with Crippen LogP contribution in [0.15, 0.2) is 0 Å². The van der Waals surface area contributed by atoms with Crippen molar-refractivity contribution < 1.29 is 13.2 Å². The van der Waals surface area contributed by atoms with Crippen molar-refractivity contribution in [1.82, 2.24) is 4.90 Å². The van der Waals surface area contributed by atoms with E-state index < -0.39 is 12.7 Å². The van der Waals surface area contributed by atoms with Crippen molar-refractivity contribution in [3.05, 3.63) is 0 Å². The van der Waals surface area contributed by atoms with Gasteiger partial charge in [0.05, 0.1) is 0 Å². The van der Waals surface area contributed by atoms with Gasteiger partial charge in [-0.25, -0.2) is 9.29 Å². The molecule has 0 aliphatic rings. The molecule has 0 bridgehead atoms. The van der Waals surface area contributed by atoms with E-state index in [1.54, 1.807) is 13.8 Å². The Labute approximate surface area is 58.8 Å². The summed E-state index contributed by atoms with van der Waals surface area (Å²) in [4.78, 5) is 0.785. The summed E-state index contributed by atoms with van der Waals surface area (Å²) in [6.45, 7) is 1.90. The molecule has 0 amide bonds. The third-order valence-electron chi connectivity index (χ3n) is 1.39. The molecule has 0 spiro atoms. The zero-order chi connectivity index (χ0) is 8.20. The van der Waals surface area contributed by atoms with Crippen LogP contribution >= 0.6 is 0 Å². The lowest BCUT2D eigenvalue weighted by molar-refractivity contribution is -0.154. The zero-order valence-corrected chi connectivity index (χ0v) is 6.20. The summed E-state index contributed by atoms with van der Waals surface area (Å²) < 4.78 is 36.3. The molecule has 1 nitrogen and oxygen atoms in total. The van der Waals surface area contributed by atoms with Crippen molar-refractivity contribution in [2.24, 2.45) is 0 Å². The largest absolute Gasteiger partial charge is 0.332 e. The summed E-state index contributed by atoms with van der Waals surface area (Å²) in [5.74, 6) is 0. The highest BCUT2D eigenvalue weighted by Gasteiger charge is 2.34. The highest BCUT2D eigenvalue weighted by Crippen LogP contribution is 2.18. The maximum absolute atomic E-state index is 12.4. The molecule has 0 saturated heterocycles. The third kappa shape index (κ3) is 2.17. The molecule has 0 aromatic rings. The van der Waals surface area contributed by atoms with E-state index in [0.717, 1.165) is 4.90 Å². The van der Waals surface area contributed by atoms with Gasteiger partial charge in [-0.05, 0) is 0 Å². The minimum absolute atomic E-state index is 0.174. The normalized spacial score (nSPS) is 12.6. The van der Waals surface area contributed by atoms with E-state index in [4.69, 9.17) is 0 Å². The molecule has 0 aromatic carbocycles. The van der Waals surface area contributed by atoms with Gasteiger partial charge in [-0.1, -0.05) is 13.8 Å². The predicted octanol–water partition coefficient (Wildman–Crippen LogP) is 1.89. The summed E-state index contributed by atoms with van der Waals surface area (Å²) in [5, 5.41) is 0. The van der Waals surface area contributed by atoms with Crippen LogP contribution in [0, 0.1) is 0 Å². The number of nitrogens with zero attached hydrogens (tertiary/aromatic N) is 1. The molecule has 0 aromatic heterocycles. The van der Waals surface area contributed by atoms with Crippen molar-refractivity contribution in [3.63, 3.8) is 0 Å². The molecular formula is C6H12F3N. The average Bonchev–Trinajstić information content (AvgIpc) is 1.90. The minimum atomic E-state index is -3.27. The molecule has 10 heavy (non-hydrogen) atoms. The zero-order valence-electron chi connectivity index (χ0n) is 6.20. The van der Waals surface area contributed by atoms with Gasteiger partial charge >= 0.3 is 6.05 Å². The van der Waals surface area contributed by atoms with Gasteiger partial charge in [-0.2, -0.15) is 8.78 Å². The molecule has 0 fully saturated rings. The first kappa shape index (κ1) is 9.75. The van der Waals surface area contributed by atoms with Crippen LogP contribution in [0.2, 0.25) is 0 Å². The number of rotatable bonds is 4. The molecule has 0 atom stereocenters. The summed E-state index contributed by atoms with van der Waals surface area (Å²) in [5.41, 5.74) is 0. The molecule has 0 aliphatic carbocycles. The van der Waals surface area contributed by atoms with Crippen molar-refractivity contribution >= 4 is 0 Å². The Morgan fingerprint density at radius 2 is 1.60 bits per heavy atom. The first-order valence-corrected chi connectivity index (χ1v) is 3.27. The standard InChI is InChI=1S/C6H12F3N/c1-3-10(4-2)6(8,9)5-7/h3-5H2,1-2H3. The van der Waals surface area contributed by atoms with Crippen LogP contribution in [0.25, 0.3) is 0 Å². The molecule has 0 saturated carbocycles. The van der Waals surface area contributed by atoms with Crippen LogP contribution in [0.4, 0.5) is 13.2 Å². The first-order chi connectivity index (χ1) is 4.58. The maximum atomic E-state index is 12.4. The van der Waals surface area contributed by atoms with E-state index in [1.807, 2.05) is 0 Å². The van der Waals surface area contributed by atoms with Gasteiger partial charge in [0.1, 0.15) is 0 Å². The van der Waals surface area contributed by atoms with E-state index in [2.05, 4.69) is 0 Å². The van der Waals surface area contributed by atoms with Gasteiger partial charge in [0.15, 0.2) is 6.67 Å². The van der Waals surface area contributed by atoms with E-state index in [1.165, 1.54) is 0 Å². The number of alkyl halides is 3. The number of hydrogen-bond acceptors (Lipinski definition) is 1. The van der Waals surface area contributed by atoms with Crippen molar-refractivity contribution in [3.8, 4) is 0 Å². The van der Waals surface area contributed by atoms with Crippen LogP contribution < -0.4 is 0 Å². The Bertz CT molecular complexity index is 91.0. The Hall–Kier alpha value is -0.250.